The molecule has 10 heteroatoms. The van der Waals surface area contributed by atoms with Crippen LogP contribution in [0.1, 0.15) is 12.8 Å². The van der Waals surface area contributed by atoms with Crippen LogP contribution in [0.4, 0.5) is 0 Å². The first kappa shape index (κ1) is 26.9. The van der Waals surface area contributed by atoms with E-state index in [0.717, 1.165) is 0 Å². The number of hydrogen-bond acceptors (Lipinski definition) is 3. The molecule has 0 aromatic rings. The molecule has 74 valence electrons. The Morgan fingerprint density at radius 2 is 1.56 bits per heavy atom. The second kappa shape index (κ2) is 12.4. The first-order valence-corrected chi connectivity index (χ1v) is 3.22. The van der Waals surface area contributed by atoms with Crippen molar-refractivity contribution < 1.29 is 138 Å². The minimum Gasteiger partial charge on any atom is -0.524 e. The number of hydrogen-bond donors (Lipinski definition) is 3. The van der Waals surface area contributed by atoms with Gasteiger partial charge in [0.15, 0.2) is 12.0 Å². The van der Waals surface area contributed by atoms with Crippen molar-refractivity contribution in [1.29, 1.82) is 0 Å². The summed E-state index contributed by atoms with van der Waals surface area (Å²) in [7, 11) is 0. The fourth-order valence-corrected chi connectivity index (χ4v) is 0.741. The van der Waals surface area contributed by atoms with Gasteiger partial charge in [0.1, 0.15) is 0 Å². The Labute approximate surface area is 192 Å². The normalized spacial score (nSPS) is 11.8. The van der Waals surface area contributed by atoms with Crippen molar-refractivity contribution >= 4 is 41.0 Å². The predicted molar refractivity (Wildman–Crippen MR) is 45.8 cm³/mol. The molecule has 0 rings (SSSR count). The summed E-state index contributed by atoms with van der Waals surface area (Å²) in [5, 5.41) is 32.3. The average molecular weight is 297 g/mol. The summed E-state index contributed by atoms with van der Waals surface area (Å²) < 4.78 is 0. The Kier molecular flexibility index (Phi) is 20.9. The van der Waals surface area contributed by atoms with E-state index < -0.39 is 36.4 Å². The summed E-state index contributed by atoms with van der Waals surface area (Å²) in [6.07, 6.45) is -1.99. The second-order valence-electron chi connectivity index (χ2n) is 2.53. The molecule has 0 radical (unpaired) electrons. The topological polar surface area (TPSA) is 139 Å². The molecule has 0 aliphatic heterocycles. The van der Waals surface area contributed by atoms with Gasteiger partial charge in [0.25, 0.3) is 0 Å². The number of carbonyl (C=O) groups is 2. The van der Waals surface area contributed by atoms with Gasteiger partial charge in [0.2, 0.25) is 0 Å². The maximum Gasteiger partial charge on any atom is 2.00 e. The first-order chi connectivity index (χ1) is 5.78. The Balaban J connectivity index is -0.000000240. The Morgan fingerprint density at radius 3 is 1.75 bits per heavy atom. The molecule has 6 N–H and O–H groups in total. The molecule has 0 aromatic heterocycles. The molecule has 0 saturated heterocycles. The molecule has 0 saturated carbocycles. The SMILES string of the molecule is O=C(O)CC(O)(CC(=[OH+])[OH2+])C(=O)O.[K+].[K+].[Mg+2]. The summed E-state index contributed by atoms with van der Waals surface area (Å²) in [5.41, 5.74) is -2.61. The molecule has 7 nitrogen and oxygen atoms in total. The molecule has 0 spiro atoms. The van der Waals surface area contributed by atoms with E-state index in [1.807, 2.05) is 0 Å². The fourth-order valence-electron chi connectivity index (χ4n) is 0.741. The molecular weight excluding hydrogens is 287 g/mol. The van der Waals surface area contributed by atoms with Crippen LogP contribution in [-0.2, 0) is 9.59 Å². The number of aliphatic carboxylic acids is 2. The standard InChI is InChI=1S/C6H8O7.2K.Mg/c7-3(8)1-6(13,5(11)12)2-4(9)10;;;/h13H,1-2H2,(H,7,8)(H,9,10)(H,11,12);;;/q;2*+1;+2/p+2. The van der Waals surface area contributed by atoms with Gasteiger partial charge in [-0.15, -0.1) is 0 Å². The van der Waals surface area contributed by atoms with Gasteiger partial charge < -0.3 is 20.4 Å². The van der Waals surface area contributed by atoms with E-state index in [1.54, 1.807) is 0 Å². The quantitative estimate of drug-likeness (QED) is 0.341. The summed E-state index contributed by atoms with van der Waals surface area (Å²) in [6.45, 7) is 0. The maximum absolute atomic E-state index is 10.4. The van der Waals surface area contributed by atoms with Crippen LogP contribution in [0, 0.1) is 0 Å². The molecule has 1 atom stereocenters. The van der Waals surface area contributed by atoms with Crippen molar-refractivity contribution in [3.05, 3.63) is 0 Å². The van der Waals surface area contributed by atoms with Crippen LogP contribution >= 0.6 is 0 Å². The van der Waals surface area contributed by atoms with Gasteiger partial charge >= 0.3 is 144 Å². The van der Waals surface area contributed by atoms with Crippen LogP contribution in [-0.4, -0.2) is 71.8 Å². The van der Waals surface area contributed by atoms with Crippen LogP contribution in [0.15, 0.2) is 0 Å². The van der Waals surface area contributed by atoms with Gasteiger partial charge in [-0.25, -0.2) is 9.59 Å². The molecule has 0 bridgehead atoms. The summed E-state index contributed by atoms with van der Waals surface area (Å²) >= 11 is 0. The van der Waals surface area contributed by atoms with E-state index in [1.165, 1.54) is 0 Å². The zero-order valence-electron chi connectivity index (χ0n) is 9.23. The molecule has 0 aliphatic rings. The zero-order valence-corrected chi connectivity index (χ0v) is 16.9. The molecule has 1 unspecified atom stereocenters. The molecule has 0 aliphatic carbocycles. The van der Waals surface area contributed by atoms with Gasteiger partial charge in [0.05, 0.1) is 6.42 Å². The number of carboxylic acids is 2. The largest absolute Gasteiger partial charge is 2.00 e. The summed E-state index contributed by atoms with van der Waals surface area (Å²) in [5.74, 6) is -4.38. The fraction of sp³-hybridized carbons (Fsp3) is 0.500. The third-order valence-corrected chi connectivity index (χ3v) is 1.30. The van der Waals surface area contributed by atoms with Crippen molar-refractivity contribution in [3.63, 3.8) is 0 Å². The Hall–Kier alpha value is 2.41. The number of aliphatic hydroxyl groups is 1. The molecule has 16 heavy (non-hydrogen) atoms. The van der Waals surface area contributed by atoms with Crippen molar-refractivity contribution in [2.24, 2.45) is 0 Å². The van der Waals surface area contributed by atoms with E-state index in [4.69, 9.17) is 25.2 Å². The smallest absolute Gasteiger partial charge is 0.524 e. The molecular formula is C6H10K2MgO7+6. The van der Waals surface area contributed by atoms with Crippen LogP contribution in [0.2, 0.25) is 0 Å². The van der Waals surface area contributed by atoms with Crippen molar-refractivity contribution in [2.45, 2.75) is 18.4 Å². The van der Waals surface area contributed by atoms with Gasteiger partial charge in [-0.05, 0) is 0 Å². The van der Waals surface area contributed by atoms with Crippen molar-refractivity contribution in [2.75, 3.05) is 0 Å². The minimum atomic E-state index is -2.61. The van der Waals surface area contributed by atoms with E-state index in [9.17, 15) is 9.59 Å². The van der Waals surface area contributed by atoms with Crippen LogP contribution in [0.5, 0.6) is 0 Å². The van der Waals surface area contributed by atoms with Crippen molar-refractivity contribution in [1.82, 2.24) is 0 Å². The van der Waals surface area contributed by atoms with Gasteiger partial charge in [-0.3, -0.25) is 4.79 Å². The third-order valence-electron chi connectivity index (χ3n) is 1.30. The van der Waals surface area contributed by atoms with E-state index >= 15 is 0 Å². The van der Waals surface area contributed by atoms with Crippen LogP contribution in [0.25, 0.3) is 0 Å². The molecule has 0 fully saturated rings. The molecule has 0 aromatic carbocycles. The monoisotopic (exact) mass is 296 g/mol. The molecule has 0 heterocycles. The van der Waals surface area contributed by atoms with Crippen LogP contribution in [0.3, 0.4) is 0 Å². The number of carboxylic acid groups (broad SMARTS) is 2. The second-order valence-corrected chi connectivity index (χ2v) is 2.53. The summed E-state index contributed by atoms with van der Waals surface area (Å²) in [4.78, 5) is 28.9. The third kappa shape index (κ3) is 11.5. The van der Waals surface area contributed by atoms with Gasteiger partial charge in [0, 0.05) is 0 Å². The van der Waals surface area contributed by atoms with E-state index in [2.05, 4.69) is 0 Å². The zero-order chi connectivity index (χ0) is 10.6. The first-order valence-electron chi connectivity index (χ1n) is 3.22. The van der Waals surface area contributed by atoms with Crippen molar-refractivity contribution in [3.8, 4) is 0 Å². The number of rotatable bonds is 5. The Bertz CT molecular complexity index is 241. The van der Waals surface area contributed by atoms with Gasteiger partial charge in [-0.2, -0.15) is 0 Å². The van der Waals surface area contributed by atoms with Gasteiger partial charge in [-0.1, -0.05) is 0 Å². The summed E-state index contributed by atoms with van der Waals surface area (Å²) in [6, 6.07) is 0. The van der Waals surface area contributed by atoms with E-state index in [0.29, 0.717) is 0 Å². The number of carbonyl (C=O) groups excluding carboxylic acids is 1. The molecule has 0 amide bonds. The maximum atomic E-state index is 10.4. The predicted octanol–water partition coefficient (Wildman–Crippen LogP) is -8.48. The Morgan fingerprint density at radius 1 is 1.19 bits per heavy atom. The van der Waals surface area contributed by atoms with Crippen LogP contribution < -0.4 is 103 Å². The minimum absolute atomic E-state index is 0. The van der Waals surface area contributed by atoms with E-state index in [-0.39, 0.29) is 126 Å². The average Bonchev–Trinajstić information content (AvgIpc) is 1.82.